The largest absolute Gasteiger partial charge is 0.495 e. The lowest BCUT2D eigenvalue weighted by Gasteiger charge is -2.25. The minimum Gasteiger partial charge on any atom is -0.495 e. The molecule has 0 aliphatic heterocycles. The van der Waals surface area contributed by atoms with Crippen LogP contribution in [0.1, 0.15) is 0 Å². The zero-order valence-corrected chi connectivity index (χ0v) is 13.9. The average molecular weight is 288 g/mol. The maximum atomic E-state index is 5.53. The third kappa shape index (κ3) is 2.68. The Morgan fingerprint density at radius 2 is 1.57 bits per heavy atom. The Bertz CT molecular complexity index is 650. The molecule has 21 heavy (non-hydrogen) atoms. The Morgan fingerprint density at radius 3 is 2.05 bits per heavy atom. The molecule has 114 valence electrons. The van der Waals surface area contributed by atoms with Crippen LogP contribution in [0.5, 0.6) is 5.75 Å². The van der Waals surface area contributed by atoms with Gasteiger partial charge in [-0.25, -0.2) is 4.98 Å². The number of hydrogen-bond donors (Lipinski definition) is 0. The maximum Gasteiger partial charge on any atom is 0.142 e. The highest BCUT2D eigenvalue weighted by atomic mass is 16.5. The van der Waals surface area contributed by atoms with Crippen LogP contribution in [0.3, 0.4) is 0 Å². The van der Waals surface area contributed by atoms with Gasteiger partial charge in [-0.1, -0.05) is 0 Å². The first-order chi connectivity index (χ1) is 9.86. The fraction of sp³-hybridized carbons (Fsp3) is 0.438. The third-order valence-corrected chi connectivity index (χ3v) is 3.48. The molecule has 5 nitrogen and oxygen atoms in total. The zero-order valence-electron chi connectivity index (χ0n) is 13.9. The molecule has 0 atom stereocenters. The second-order valence-corrected chi connectivity index (χ2v) is 5.69. The van der Waals surface area contributed by atoms with Crippen LogP contribution >= 0.6 is 0 Å². The fourth-order valence-electron chi connectivity index (χ4n) is 2.45. The van der Waals surface area contributed by atoms with E-state index in [0.717, 1.165) is 33.8 Å². The molecule has 0 N–H and O–H groups in total. The van der Waals surface area contributed by atoms with E-state index in [1.807, 2.05) is 59.3 Å². The van der Waals surface area contributed by atoms with Crippen LogP contribution in [0.4, 0.5) is 17.2 Å². The van der Waals surface area contributed by atoms with Gasteiger partial charge < -0.3 is 19.4 Å². The summed E-state index contributed by atoms with van der Waals surface area (Å²) in [5.41, 5.74) is 3.15. The smallest absolute Gasteiger partial charge is 0.142 e. The van der Waals surface area contributed by atoms with Crippen LogP contribution < -0.4 is 19.4 Å². The van der Waals surface area contributed by atoms with Gasteiger partial charge in [0.25, 0.3) is 0 Å². The van der Waals surface area contributed by atoms with Gasteiger partial charge in [0.15, 0.2) is 0 Å². The summed E-state index contributed by atoms with van der Waals surface area (Å²) in [6.45, 7) is 0. The summed E-state index contributed by atoms with van der Waals surface area (Å²) in [7, 11) is 13.9. The molecule has 2 rings (SSSR count). The molecule has 1 aromatic carbocycles. The van der Waals surface area contributed by atoms with Crippen molar-refractivity contribution in [3.63, 3.8) is 0 Å². The molecule has 0 unspecified atom stereocenters. The fourth-order valence-corrected chi connectivity index (χ4v) is 2.45. The molecule has 0 spiro atoms. The Morgan fingerprint density at radius 1 is 0.905 bits per heavy atom. The number of benzene rings is 1. The van der Waals surface area contributed by atoms with Crippen molar-refractivity contribution < 1.29 is 4.74 Å². The van der Waals surface area contributed by atoms with Crippen LogP contribution in [0.15, 0.2) is 18.2 Å². The van der Waals surface area contributed by atoms with Gasteiger partial charge in [-0.3, -0.25) is 0 Å². The van der Waals surface area contributed by atoms with E-state index in [-0.39, 0.29) is 0 Å². The van der Waals surface area contributed by atoms with Gasteiger partial charge in [0.2, 0.25) is 0 Å². The summed E-state index contributed by atoms with van der Waals surface area (Å²) in [4.78, 5) is 11.0. The molecule has 0 radical (unpaired) electrons. The summed E-state index contributed by atoms with van der Waals surface area (Å²) in [6.07, 6.45) is 0. The quantitative estimate of drug-likeness (QED) is 0.862. The summed E-state index contributed by atoms with van der Waals surface area (Å²) in [5, 5.41) is 1.11. The highest BCUT2D eigenvalue weighted by Gasteiger charge is 2.17. The Labute approximate surface area is 126 Å². The van der Waals surface area contributed by atoms with Crippen molar-refractivity contribution in [3.8, 4) is 5.75 Å². The summed E-state index contributed by atoms with van der Waals surface area (Å²) in [6, 6.07) is 6.10. The van der Waals surface area contributed by atoms with E-state index in [1.165, 1.54) is 0 Å². The molecule has 0 saturated carbocycles. The van der Waals surface area contributed by atoms with Gasteiger partial charge in [-0.15, -0.1) is 0 Å². The van der Waals surface area contributed by atoms with E-state index in [9.17, 15) is 0 Å². The predicted molar refractivity (Wildman–Crippen MR) is 91.3 cm³/mol. The minimum absolute atomic E-state index is 0.856. The van der Waals surface area contributed by atoms with Crippen molar-refractivity contribution in [2.45, 2.75) is 0 Å². The first kappa shape index (κ1) is 15.2. The molecule has 0 aliphatic rings. The molecular weight excluding hydrogens is 264 g/mol. The van der Waals surface area contributed by atoms with Crippen molar-refractivity contribution >= 4 is 28.1 Å². The normalized spacial score (nSPS) is 10.6. The Hall–Kier alpha value is -2.17. The first-order valence-corrected chi connectivity index (χ1v) is 6.90. The molecular formula is C16H24N4O. The van der Waals surface area contributed by atoms with E-state index in [4.69, 9.17) is 9.72 Å². The van der Waals surface area contributed by atoms with Gasteiger partial charge in [0.1, 0.15) is 11.6 Å². The van der Waals surface area contributed by atoms with Gasteiger partial charge in [-0.05, 0) is 12.1 Å². The minimum atomic E-state index is 0.856. The van der Waals surface area contributed by atoms with E-state index >= 15 is 0 Å². The van der Waals surface area contributed by atoms with Gasteiger partial charge in [-0.2, -0.15) is 0 Å². The van der Waals surface area contributed by atoms with Crippen LogP contribution in [0, 0.1) is 0 Å². The van der Waals surface area contributed by atoms with Crippen molar-refractivity contribution in [3.05, 3.63) is 18.2 Å². The van der Waals surface area contributed by atoms with Crippen molar-refractivity contribution in [1.82, 2.24) is 4.98 Å². The van der Waals surface area contributed by atoms with Gasteiger partial charge in [0, 0.05) is 48.4 Å². The highest BCUT2D eigenvalue weighted by Crippen LogP contribution is 2.40. The van der Waals surface area contributed by atoms with Crippen molar-refractivity contribution in [1.29, 1.82) is 0 Å². The maximum absolute atomic E-state index is 5.53. The lowest BCUT2D eigenvalue weighted by atomic mass is 10.1. The molecule has 1 heterocycles. The number of anilines is 3. The number of nitrogens with zero attached hydrogens (tertiary/aromatic N) is 4. The van der Waals surface area contributed by atoms with Crippen LogP contribution in [-0.4, -0.2) is 54.4 Å². The highest BCUT2D eigenvalue weighted by molar-refractivity contribution is 6.05. The molecule has 0 aliphatic carbocycles. The second-order valence-electron chi connectivity index (χ2n) is 5.69. The number of fused-ring (bicyclic) bond motifs is 1. The van der Waals surface area contributed by atoms with E-state index in [0.29, 0.717) is 0 Å². The molecule has 0 fully saturated rings. The van der Waals surface area contributed by atoms with E-state index < -0.39 is 0 Å². The van der Waals surface area contributed by atoms with E-state index in [1.54, 1.807) is 7.11 Å². The summed E-state index contributed by atoms with van der Waals surface area (Å²) >= 11 is 0. The molecule has 2 aromatic rings. The summed E-state index contributed by atoms with van der Waals surface area (Å²) in [5.74, 6) is 1.80. The number of pyridine rings is 1. The number of aromatic nitrogens is 1. The molecule has 1 aromatic heterocycles. The van der Waals surface area contributed by atoms with Gasteiger partial charge >= 0.3 is 0 Å². The topological polar surface area (TPSA) is 31.8 Å². The molecule has 0 bridgehead atoms. The average Bonchev–Trinajstić information content (AvgIpc) is 2.43. The zero-order chi connectivity index (χ0) is 15.7. The van der Waals surface area contributed by atoms with Crippen LogP contribution in [0.2, 0.25) is 0 Å². The SMILES string of the molecule is COc1ccc2nc(N(C)C)cc(N(C)C)c2c1N(C)C. The Balaban J connectivity index is 2.91. The van der Waals surface area contributed by atoms with Crippen molar-refractivity contribution in [2.24, 2.45) is 0 Å². The standard InChI is InChI=1S/C16H24N4O/c1-18(2)12-10-14(19(3)4)17-11-8-9-13(21-7)16(15(11)12)20(5)6/h8-10H,1-7H3. The number of methoxy groups -OCH3 is 1. The molecule has 0 amide bonds. The van der Waals surface area contributed by atoms with Crippen LogP contribution in [-0.2, 0) is 0 Å². The monoisotopic (exact) mass is 288 g/mol. The predicted octanol–water partition coefficient (Wildman–Crippen LogP) is 2.44. The lowest BCUT2D eigenvalue weighted by molar-refractivity contribution is 0.416. The van der Waals surface area contributed by atoms with Crippen molar-refractivity contribution in [2.75, 3.05) is 64.1 Å². The molecule has 0 saturated heterocycles. The first-order valence-electron chi connectivity index (χ1n) is 6.90. The van der Waals surface area contributed by atoms with Crippen LogP contribution in [0.25, 0.3) is 10.9 Å². The molecule has 5 heteroatoms. The lowest BCUT2D eigenvalue weighted by Crippen LogP contribution is -2.17. The number of rotatable bonds is 4. The third-order valence-electron chi connectivity index (χ3n) is 3.48. The van der Waals surface area contributed by atoms with Gasteiger partial charge in [0.05, 0.1) is 29.4 Å². The van der Waals surface area contributed by atoms with E-state index in [2.05, 4.69) is 15.9 Å². The summed E-state index contributed by atoms with van der Waals surface area (Å²) < 4.78 is 5.53. The second kappa shape index (κ2) is 5.68. The number of hydrogen-bond acceptors (Lipinski definition) is 5. The Kier molecular flexibility index (Phi) is 4.11. The number of ether oxygens (including phenoxy) is 1.